The van der Waals surface area contributed by atoms with Crippen molar-refractivity contribution in [3.63, 3.8) is 0 Å². The van der Waals surface area contributed by atoms with Gasteiger partial charge in [-0.25, -0.2) is 0 Å². The molecule has 3 rings (SSSR count). The first-order valence-electron chi connectivity index (χ1n) is 6.53. The molecule has 0 radical (unpaired) electrons. The van der Waals surface area contributed by atoms with Crippen LogP contribution in [0.1, 0.15) is 11.4 Å². The van der Waals surface area contributed by atoms with Crippen LogP contribution in [-0.2, 0) is 16.1 Å². The molecule has 2 aromatic rings. The zero-order chi connectivity index (χ0) is 14.8. The first-order chi connectivity index (χ1) is 10.1. The molecule has 6 nitrogen and oxygen atoms in total. The monoisotopic (exact) mass is 303 g/mol. The normalized spacial score (nSPS) is 20.0. The maximum absolute atomic E-state index is 11.8. The van der Waals surface area contributed by atoms with Crippen LogP contribution in [0.25, 0.3) is 10.6 Å². The van der Waals surface area contributed by atoms with Gasteiger partial charge in [0.15, 0.2) is 0 Å². The van der Waals surface area contributed by atoms with Crippen molar-refractivity contribution in [2.75, 3.05) is 0 Å². The molecule has 7 heteroatoms. The second-order valence-corrected chi connectivity index (χ2v) is 5.93. The van der Waals surface area contributed by atoms with Crippen LogP contribution < -0.4 is 5.32 Å². The van der Waals surface area contributed by atoms with Crippen LogP contribution >= 0.6 is 11.3 Å². The number of carbonyl (C=O) groups is 2. The van der Waals surface area contributed by atoms with Gasteiger partial charge in [0, 0.05) is 5.56 Å². The Morgan fingerprint density at radius 1 is 1.24 bits per heavy atom. The van der Waals surface area contributed by atoms with Crippen molar-refractivity contribution >= 4 is 23.2 Å². The molecule has 108 valence electrons. The number of carboxylic acids is 1. The second-order valence-electron chi connectivity index (χ2n) is 4.87. The standard InChI is InChI=1S/C14H13N3O3S/c18-12(9-6-10(9)14(19)20)15-7-11-16-17-13(21-11)8-4-2-1-3-5-8/h1-5,9-10H,6-7H2,(H,15,18)(H,19,20). The number of nitrogens with one attached hydrogen (secondary N) is 1. The van der Waals surface area contributed by atoms with Gasteiger partial charge >= 0.3 is 5.97 Å². The molecule has 1 heterocycles. The minimum atomic E-state index is -0.905. The average molecular weight is 303 g/mol. The van der Waals surface area contributed by atoms with E-state index in [0.717, 1.165) is 10.6 Å². The number of nitrogens with zero attached hydrogens (tertiary/aromatic N) is 2. The number of carbonyl (C=O) groups excluding carboxylic acids is 1. The minimum absolute atomic E-state index is 0.223. The fourth-order valence-electron chi connectivity index (χ4n) is 2.07. The van der Waals surface area contributed by atoms with Crippen LogP contribution in [0, 0.1) is 11.8 Å². The topological polar surface area (TPSA) is 92.2 Å². The van der Waals surface area contributed by atoms with Crippen molar-refractivity contribution in [3.05, 3.63) is 35.3 Å². The Balaban J connectivity index is 1.56. The molecule has 1 aromatic heterocycles. The third kappa shape index (κ3) is 3.08. The maximum Gasteiger partial charge on any atom is 0.307 e. The molecule has 2 unspecified atom stereocenters. The summed E-state index contributed by atoms with van der Waals surface area (Å²) < 4.78 is 0. The number of aliphatic carboxylic acids is 1. The fraction of sp³-hybridized carbons (Fsp3) is 0.286. The summed E-state index contributed by atoms with van der Waals surface area (Å²) in [5.74, 6) is -2.06. The molecule has 1 amide bonds. The first-order valence-corrected chi connectivity index (χ1v) is 7.35. The minimum Gasteiger partial charge on any atom is -0.481 e. The fourth-order valence-corrected chi connectivity index (χ4v) is 2.86. The highest BCUT2D eigenvalue weighted by Gasteiger charge is 2.48. The lowest BCUT2D eigenvalue weighted by Crippen LogP contribution is -2.25. The molecule has 1 aliphatic carbocycles. The molecule has 0 spiro atoms. The van der Waals surface area contributed by atoms with E-state index in [0.29, 0.717) is 11.4 Å². The van der Waals surface area contributed by atoms with E-state index in [1.165, 1.54) is 11.3 Å². The Labute approximate surface area is 124 Å². The number of rotatable bonds is 5. The number of hydrogen-bond acceptors (Lipinski definition) is 5. The summed E-state index contributed by atoms with van der Waals surface area (Å²) in [6, 6.07) is 9.68. The van der Waals surface area contributed by atoms with Gasteiger partial charge in [-0.1, -0.05) is 41.7 Å². The van der Waals surface area contributed by atoms with E-state index in [-0.39, 0.29) is 12.5 Å². The van der Waals surface area contributed by atoms with Gasteiger partial charge in [0.2, 0.25) is 5.91 Å². The van der Waals surface area contributed by atoms with Crippen LogP contribution in [0.2, 0.25) is 0 Å². The molecular weight excluding hydrogens is 290 g/mol. The second kappa shape index (κ2) is 5.61. The van der Waals surface area contributed by atoms with Gasteiger partial charge in [-0.3, -0.25) is 9.59 Å². The van der Waals surface area contributed by atoms with Crippen molar-refractivity contribution in [2.24, 2.45) is 11.8 Å². The van der Waals surface area contributed by atoms with Crippen molar-refractivity contribution in [3.8, 4) is 10.6 Å². The lowest BCUT2D eigenvalue weighted by molar-refractivity contribution is -0.140. The van der Waals surface area contributed by atoms with E-state index in [1.54, 1.807) is 0 Å². The molecule has 0 aliphatic heterocycles. The molecule has 1 saturated carbocycles. The number of benzene rings is 1. The Morgan fingerprint density at radius 3 is 2.67 bits per heavy atom. The highest BCUT2D eigenvalue weighted by atomic mass is 32.1. The molecular formula is C14H13N3O3S. The predicted octanol–water partition coefficient (Wildman–Crippen LogP) is 1.54. The van der Waals surface area contributed by atoms with Crippen molar-refractivity contribution in [1.29, 1.82) is 0 Å². The highest BCUT2D eigenvalue weighted by molar-refractivity contribution is 7.14. The summed E-state index contributed by atoms with van der Waals surface area (Å²) in [7, 11) is 0. The largest absolute Gasteiger partial charge is 0.481 e. The van der Waals surface area contributed by atoms with Crippen molar-refractivity contribution in [1.82, 2.24) is 15.5 Å². The average Bonchev–Trinajstić information content (AvgIpc) is 3.17. The smallest absolute Gasteiger partial charge is 0.307 e. The Hall–Kier alpha value is -2.28. The molecule has 1 aliphatic rings. The van der Waals surface area contributed by atoms with E-state index in [4.69, 9.17) is 5.11 Å². The van der Waals surface area contributed by atoms with Gasteiger partial charge in [0.25, 0.3) is 0 Å². The van der Waals surface area contributed by atoms with Crippen LogP contribution in [-0.4, -0.2) is 27.2 Å². The number of carboxylic acid groups (broad SMARTS) is 1. The summed E-state index contributed by atoms with van der Waals surface area (Å²) >= 11 is 1.41. The van der Waals surface area contributed by atoms with Crippen LogP contribution in [0.15, 0.2) is 30.3 Å². The number of aromatic nitrogens is 2. The summed E-state index contributed by atoms with van der Waals surface area (Å²) in [5.41, 5.74) is 0.987. The Bertz CT molecular complexity index is 671. The van der Waals surface area contributed by atoms with E-state index in [9.17, 15) is 9.59 Å². The van der Waals surface area contributed by atoms with Crippen molar-refractivity contribution in [2.45, 2.75) is 13.0 Å². The van der Waals surface area contributed by atoms with E-state index in [2.05, 4.69) is 15.5 Å². The number of amides is 1. The van der Waals surface area contributed by atoms with Gasteiger partial charge < -0.3 is 10.4 Å². The molecule has 0 saturated heterocycles. The summed E-state index contributed by atoms with van der Waals surface area (Å²) in [6.45, 7) is 0.284. The molecule has 21 heavy (non-hydrogen) atoms. The Morgan fingerprint density at radius 2 is 2.00 bits per heavy atom. The van der Waals surface area contributed by atoms with Gasteiger partial charge in [-0.15, -0.1) is 10.2 Å². The van der Waals surface area contributed by atoms with E-state index in [1.807, 2.05) is 30.3 Å². The van der Waals surface area contributed by atoms with Gasteiger partial charge in [-0.2, -0.15) is 0 Å². The van der Waals surface area contributed by atoms with E-state index < -0.39 is 17.8 Å². The summed E-state index contributed by atoms with van der Waals surface area (Å²) in [4.78, 5) is 22.5. The summed E-state index contributed by atoms with van der Waals surface area (Å²) in [6.07, 6.45) is 0.423. The molecule has 2 atom stereocenters. The maximum atomic E-state index is 11.8. The highest BCUT2D eigenvalue weighted by Crippen LogP contribution is 2.38. The quantitative estimate of drug-likeness (QED) is 0.874. The lowest BCUT2D eigenvalue weighted by atomic mass is 10.2. The third-order valence-electron chi connectivity index (χ3n) is 3.35. The van der Waals surface area contributed by atoms with Gasteiger partial charge in [-0.05, 0) is 6.42 Å². The zero-order valence-corrected chi connectivity index (χ0v) is 11.8. The SMILES string of the molecule is O=C(O)C1CC1C(=O)NCc1nnc(-c2ccccc2)s1. The van der Waals surface area contributed by atoms with Crippen LogP contribution in [0.3, 0.4) is 0 Å². The van der Waals surface area contributed by atoms with Crippen molar-refractivity contribution < 1.29 is 14.7 Å². The van der Waals surface area contributed by atoms with E-state index >= 15 is 0 Å². The first kappa shape index (κ1) is 13.7. The predicted molar refractivity (Wildman–Crippen MR) is 76.4 cm³/mol. The Kier molecular flexibility index (Phi) is 3.66. The van der Waals surface area contributed by atoms with Crippen LogP contribution in [0.5, 0.6) is 0 Å². The third-order valence-corrected chi connectivity index (χ3v) is 4.32. The zero-order valence-electron chi connectivity index (χ0n) is 11.0. The van der Waals surface area contributed by atoms with Crippen LogP contribution in [0.4, 0.5) is 0 Å². The molecule has 2 N–H and O–H groups in total. The molecule has 1 fully saturated rings. The summed E-state index contributed by atoms with van der Waals surface area (Å²) in [5, 5.41) is 21.1. The van der Waals surface area contributed by atoms with Gasteiger partial charge in [0.05, 0.1) is 18.4 Å². The molecule has 1 aromatic carbocycles. The number of hydrogen-bond donors (Lipinski definition) is 2. The van der Waals surface area contributed by atoms with Gasteiger partial charge in [0.1, 0.15) is 10.0 Å². The lowest BCUT2D eigenvalue weighted by Gasteiger charge is -2.00. The molecule has 0 bridgehead atoms.